The van der Waals surface area contributed by atoms with Crippen LogP contribution in [0.3, 0.4) is 0 Å². The summed E-state index contributed by atoms with van der Waals surface area (Å²) in [6, 6.07) is 11.0. The molecule has 0 amide bonds. The van der Waals surface area contributed by atoms with Gasteiger partial charge in [0.15, 0.2) is 17.2 Å². The van der Waals surface area contributed by atoms with Gasteiger partial charge in [0.1, 0.15) is 5.52 Å². The van der Waals surface area contributed by atoms with Gasteiger partial charge in [0, 0.05) is 61.1 Å². The van der Waals surface area contributed by atoms with E-state index in [0.29, 0.717) is 42.5 Å². The molecule has 182 valence electrons. The normalized spacial score (nSPS) is 22.5. The monoisotopic (exact) mass is 482 g/mol. The number of likely N-dealkylation sites (tertiary alicyclic amines) is 1. The lowest BCUT2D eigenvalue weighted by atomic mass is 10.1. The van der Waals surface area contributed by atoms with Crippen molar-refractivity contribution in [3.63, 3.8) is 0 Å². The fraction of sp³-hybridized carbons (Fsp3) is 0.370. The number of H-pyrrole nitrogens is 1. The molecule has 0 aliphatic carbocycles. The van der Waals surface area contributed by atoms with Crippen molar-refractivity contribution in [2.24, 2.45) is 0 Å². The minimum absolute atomic E-state index is 0.379. The SMILES string of the molecule is c1cc(-c2nc(N3CCOCC3)c3oc4ncc(CN5CC6C[C@@H]5CO6)cc4c3n2)c2cc[nH]c2c1. The summed E-state index contributed by atoms with van der Waals surface area (Å²) in [5.41, 5.74) is 5.32. The topological polar surface area (TPSA) is 92.5 Å². The fourth-order valence-corrected chi connectivity index (χ4v) is 5.94. The van der Waals surface area contributed by atoms with Crippen molar-refractivity contribution >= 4 is 38.9 Å². The number of morpholine rings is 2. The van der Waals surface area contributed by atoms with Crippen molar-refractivity contribution in [1.82, 2.24) is 24.8 Å². The number of aromatic nitrogens is 4. The van der Waals surface area contributed by atoms with E-state index in [0.717, 1.165) is 72.4 Å². The van der Waals surface area contributed by atoms with Gasteiger partial charge in [-0.15, -0.1) is 0 Å². The summed E-state index contributed by atoms with van der Waals surface area (Å²) in [4.78, 5) is 22.9. The van der Waals surface area contributed by atoms with Gasteiger partial charge in [0.05, 0.1) is 31.3 Å². The number of nitrogens with zero attached hydrogens (tertiary/aromatic N) is 5. The second-order valence-corrected chi connectivity index (χ2v) is 9.97. The van der Waals surface area contributed by atoms with Gasteiger partial charge in [-0.05, 0) is 30.2 Å². The van der Waals surface area contributed by atoms with Gasteiger partial charge in [-0.25, -0.2) is 15.0 Å². The molecular formula is C27H26N6O3. The standard InChI is InChI=1S/C27H26N6O3/c1-2-20(19-4-5-28-22(19)3-1)25-30-23-21-10-16(13-33-14-18-11-17(33)15-35-18)12-29-27(21)36-24(23)26(31-25)32-6-8-34-9-7-32/h1-5,10,12,17-18,28H,6-9,11,13-15H2/t17-,18?/m1/s1. The number of benzene rings is 1. The Morgan fingerprint density at radius 2 is 2.03 bits per heavy atom. The maximum absolute atomic E-state index is 6.32. The molecule has 3 fully saturated rings. The maximum atomic E-state index is 6.32. The molecule has 1 N–H and O–H groups in total. The van der Waals surface area contributed by atoms with Gasteiger partial charge in [-0.3, -0.25) is 4.90 Å². The zero-order valence-electron chi connectivity index (χ0n) is 19.8. The van der Waals surface area contributed by atoms with Gasteiger partial charge >= 0.3 is 0 Å². The highest BCUT2D eigenvalue weighted by Gasteiger charge is 2.38. The predicted molar refractivity (Wildman–Crippen MR) is 136 cm³/mol. The Morgan fingerprint density at radius 3 is 2.89 bits per heavy atom. The van der Waals surface area contributed by atoms with Crippen LogP contribution in [-0.2, 0) is 16.0 Å². The lowest BCUT2D eigenvalue weighted by Crippen LogP contribution is -2.37. The van der Waals surface area contributed by atoms with Crippen LogP contribution in [0.1, 0.15) is 12.0 Å². The van der Waals surface area contributed by atoms with E-state index in [1.54, 1.807) is 0 Å². The van der Waals surface area contributed by atoms with Crippen molar-refractivity contribution < 1.29 is 13.9 Å². The van der Waals surface area contributed by atoms with Gasteiger partial charge in [0.2, 0.25) is 5.71 Å². The first-order valence-electron chi connectivity index (χ1n) is 12.6. The van der Waals surface area contributed by atoms with Gasteiger partial charge < -0.3 is 23.8 Å². The summed E-state index contributed by atoms with van der Waals surface area (Å²) >= 11 is 0. The van der Waals surface area contributed by atoms with E-state index >= 15 is 0 Å². The predicted octanol–water partition coefficient (Wildman–Crippen LogP) is 3.73. The number of hydrogen-bond donors (Lipinski definition) is 1. The van der Waals surface area contributed by atoms with Crippen LogP contribution < -0.4 is 4.90 Å². The number of nitrogens with one attached hydrogen (secondary N) is 1. The summed E-state index contributed by atoms with van der Waals surface area (Å²) in [6.07, 6.45) is 5.40. The minimum Gasteiger partial charge on any atom is -0.432 e. The van der Waals surface area contributed by atoms with E-state index in [-0.39, 0.29) is 0 Å². The average molecular weight is 483 g/mol. The molecule has 1 unspecified atom stereocenters. The zero-order chi connectivity index (χ0) is 23.6. The highest BCUT2D eigenvalue weighted by molar-refractivity contribution is 6.06. The molecular weight excluding hydrogens is 456 g/mol. The lowest BCUT2D eigenvalue weighted by molar-refractivity contribution is 0.0273. The van der Waals surface area contributed by atoms with Crippen LogP contribution in [0.25, 0.3) is 44.5 Å². The third-order valence-corrected chi connectivity index (χ3v) is 7.76. The Morgan fingerprint density at radius 1 is 1.08 bits per heavy atom. The van der Waals surface area contributed by atoms with E-state index in [1.165, 1.54) is 5.56 Å². The Hall–Kier alpha value is -3.53. The average Bonchev–Trinajstić information content (AvgIpc) is 3.72. The Bertz CT molecular complexity index is 1600. The van der Waals surface area contributed by atoms with E-state index in [4.69, 9.17) is 28.8 Å². The molecule has 0 saturated carbocycles. The van der Waals surface area contributed by atoms with Crippen LogP contribution in [-0.4, -0.2) is 76.4 Å². The molecule has 4 aromatic heterocycles. The van der Waals surface area contributed by atoms with Crippen LogP contribution in [0.4, 0.5) is 5.82 Å². The first-order valence-corrected chi connectivity index (χ1v) is 12.6. The number of hydrogen-bond acceptors (Lipinski definition) is 8. The molecule has 8 rings (SSSR count). The van der Waals surface area contributed by atoms with Gasteiger partial charge in [0.25, 0.3) is 0 Å². The maximum Gasteiger partial charge on any atom is 0.229 e. The van der Waals surface area contributed by atoms with Crippen LogP contribution in [0.2, 0.25) is 0 Å². The second-order valence-electron chi connectivity index (χ2n) is 9.97. The van der Waals surface area contributed by atoms with E-state index in [2.05, 4.69) is 39.0 Å². The molecule has 9 heteroatoms. The Kier molecular flexibility index (Phi) is 4.58. The summed E-state index contributed by atoms with van der Waals surface area (Å²) in [7, 11) is 0. The molecule has 36 heavy (non-hydrogen) atoms. The second kappa shape index (κ2) is 7.99. The van der Waals surface area contributed by atoms with E-state index < -0.39 is 0 Å². The first kappa shape index (κ1) is 20.6. The van der Waals surface area contributed by atoms with E-state index in [9.17, 15) is 0 Å². The van der Waals surface area contributed by atoms with E-state index in [1.807, 2.05) is 18.5 Å². The largest absolute Gasteiger partial charge is 0.432 e. The van der Waals surface area contributed by atoms with Crippen molar-refractivity contribution in [2.45, 2.75) is 25.1 Å². The fourth-order valence-electron chi connectivity index (χ4n) is 5.94. The molecule has 5 aromatic rings. The smallest absolute Gasteiger partial charge is 0.229 e. The van der Waals surface area contributed by atoms with Gasteiger partial charge in [-0.1, -0.05) is 12.1 Å². The minimum atomic E-state index is 0.379. The Labute approximate surface area is 207 Å². The molecule has 0 spiro atoms. The number of ether oxygens (including phenoxy) is 2. The molecule has 1 aromatic carbocycles. The molecule has 0 radical (unpaired) electrons. The zero-order valence-corrected chi connectivity index (χ0v) is 19.8. The van der Waals surface area contributed by atoms with Crippen LogP contribution in [0.15, 0.2) is 47.1 Å². The lowest BCUT2D eigenvalue weighted by Gasteiger charge is -2.27. The summed E-state index contributed by atoms with van der Waals surface area (Å²) in [5.74, 6) is 1.50. The third-order valence-electron chi connectivity index (χ3n) is 7.76. The first-order chi connectivity index (χ1) is 17.8. The Balaban J connectivity index is 1.29. The molecule has 3 aliphatic rings. The van der Waals surface area contributed by atoms with Crippen molar-refractivity contribution in [2.75, 3.05) is 44.4 Å². The molecule has 2 bridgehead atoms. The number of anilines is 1. The quantitative estimate of drug-likeness (QED) is 0.414. The van der Waals surface area contributed by atoms with Crippen LogP contribution >= 0.6 is 0 Å². The number of aromatic amines is 1. The molecule has 3 aliphatic heterocycles. The number of rotatable bonds is 4. The highest BCUT2D eigenvalue weighted by Crippen LogP contribution is 2.37. The van der Waals surface area contributed by atoms with Crippen LogP contribution in [0.5, 0.6) is 0 Å². The molecule has 2 atom stereocenters. The summed E-state index contributed by atoms with van der Waals surface area (Å²) in [6.45, 7) is 5.53. The summed E-state index contributed by atoms with van der Waals surface area (Å²) in [5, 5.41) is 2.03. The number of pyridine rings is 1. The molecule has 9 nitrogen and oxygen atoms in total. The summed E-state index contributed by atoms with van der Waals surface area (Å²) < 4.78 is 17.7. The molecule has 7 heterocycles. The van der Waals surface area contributed by atoms with Crippen molar-refractivity contribution in [3.05, 3.63) is 48.3 Å². The highest BCUT2D eigenvalue weighted by atomic mass is 16.5. The van der Waals surface area contributed by atoms with Crippen LogP contribution in [0, 0.1) is 0 Å². The van der Waals surface area contributed by atoms with Gasteiger partial charge in [-0.2, -0.15) is 0 Å². The number of fused-ring (bicyclic) bond motifs is 6. The van der Waals surface area contributed by atoms with Crippen molar-refractivity contribution in [1.29, 1.82) is 0 Å². The number of furan rings is 1. The third kappa shape index (κ3) is 3.23. The molecule has 3 saturated heterocycles. The van der Waals surface area contributed by atoms with Crippen molar-refractivity contribution in [3.8, 4) is 11.4 Å².